The lowest BCUT2D eigenvalue weighted by molar-refractivity contribution is -0.164. The number of nitrogens with zero attached hydrogens (tertiary/aromatic N) is 3. The number of pyridine rings is 1. The highest BCUT2D eigenvalue weighted by molar-refractivity contribution is 7.84. The number of hydrogen-bond donors (Lipinski definition) is 2. The predicted molar refractivity (Wildman–Crippen MR) is 124 cm³/mol. The number of nitrogens with one attached hydrogen (secondary N) is 1. The van der Waals surface area contributed by atoms with Gasteiger partial charge in [0.2, 0.25) is 0 Å². The molecule has 0 unspecified atom stereocenters. The van der Waals surface area contributed by atoms with Gasteiger partial charge in [-0.3, -0.25) is 4.57 Å². The van der Waals surface area contributed by atoms with Crippen LogP contribution in [0, 0.1) is 0 Å². The van der Waals surface area contributed by atoms with Crippen LogP contribution in [0.25, 0.3) is 28.2 Å². The fraction of sp³-hybridized carbons (Fsp3) is 0. The van der Waals surface area contributed by atoms with E-state index in [1.807, 2.05) is 71.3 Å². The van der Waals surface area contributed by atoms with Crippen molar-refractivity contribution in [1.82, 2.24) is 14.5 Å². The van der Waals surface area contributed by atoms with Crippen LogP contribution in [0.15, 0.2) is 102 Å². The zero-order valence-corrected chi connectivity index (χ0v) is 17.8. The molecule has 0 amide bonds. The van der Waals surface area contributed by atoms with E-state index in [9.17, 15) is 8.42 Å². The lowest BCUT2D eigenvalue weighted by Gasteiger charge is -2.11. The highest BCUT2D eigenvalue weighted by Crippen LogP contribution is 2.29. The third kappa shape index (κ3) is 3.84. The maximum Gasteiger partial charge on any atom is 0.322 e. The number of imidazole rings is 1. The molecule has 5 rings (SSSR count). The fourth-order valence-corrected chi connectivity index (χ4v) is 4.11. The molecule has 0 radical (unpaired) electrons. The lowest BCUT2D eigenvalue weighted by Crippen LogP contribution is -2.56. The number of rotatable bonds is 5. The van der Waals surface area contributed by atoms with Crippen molar-refractivity contribution in [3.63, 3.8) is 0 Å². The fourth-order valence-electron chi connectivity index (χ4n) is 3.56. The summed E-state index contributed by atoms with van der Waals surface area (Å²) in [5.41, 5.74) is 5.15. The molecule has 0 fully saturated rings. The second kappa shape index (κ2) is 7.92. The van der Waals surface area contributed by atoms with Gasteiger partial charge >= 0.3 is 10.0 Å². The van der Waals surface area contributed by atoms with Crippen molar-refractivity contribution in [3.05, 3.63) is 97.2 Å². The first kappa shape index (κ1) is 19.9. The van der Waals surface area contributed by atoms with Gasteiger partial charge in [-0.05, 0) is 72.8 Å². The molecule has 7 nitrogen and oxygen atoms in total. The van der Waals surface area contributed by atoms with Crippen molar-refractivity contribution in [1.29, 1.82) is 0 Å². The van der Waals surface area contributed by atoms with Crippen LogP contribution < -0.4 is 10.5 Å². The molecule has 2 heterocycles. The van der Waals surface area contributed by atoms with Crippen LogP contribution in [0.5, 0.6) is 0 Å². The molecule has 0 aliphatic rings. The van der Waals surface area contributed by atoms with Crippen LogP contribution in [0.2, 0.25) is 0 Å². The van der Waals surface area contributed by atoms with Crippen molar-refractivity contribution < 1.29 is 13.6 Å². The van der Waals surface area contributed by atoms with Gasteiger partial charge in [0.05, 0.1) is 5.52 Å². The van der Waals surface area contributed by atoms with Crippen LogP contribution in [0.4, 0.5) is 11.4 Å². The van der Waals surface area contributed by atoms with Crippen molar-refractivity contribution in [2.45, 2.75) is 4.90 Å². The number of sulfonamides is 1. The predicted octanol–water partition coefficient (Wildman–Crippen LogP) is 3.76. The van der Waals surface area contributed by atoms with Gasteiger partial charge in [0.1, 0.15) is 10.7 Å². The van der Waals surface area contributed by atoms with Crippen LogP contribution in [0.3, 0.4) is 0 Å². The van der Waals surface area contributed by atoms with E-state index in [0.717, 1.165) is 28.1 Å². The monoisotopic (exact) mass is 442 g/mol. The van der Waals surface area contributed by atoms with E-state index in [1.54, 1.807) is 30.5 Å². The summed E-state index contributed by atoms with van der Waals surface area (Å²) in [5.74, 6) is 0.676. The SMILES string of the molecule is [NH3+]S(=O)(=O)c1ccc(-c2nc3ncccc3n2-c2ccc(Nc3ccccc3)cc2)cc1. The second-order valence-electron chi connectivity index (χ2n) is 7.29. The minimum absolute atomic E-state index is 0.165. The Balaban J connectivity index is 1.58. The summed E-state index contributed by atoms with van der Waals surface area (Å²) >= 11 is 0. The molecule has 0 atom stereocenters. The number of aromatic nitrogens is 3. The molecule has 0 saturated carbocycles. The van der Waals surface area contributed by atoms with Crippen molar-refractivity contribution in [2.24, 2.45) is 0 Å². The molecule has 158 valence electrons. The van der Waals surface area contributed by atoms with Crippen LogP contribution in [0.1, 0.15) is 0 Å². The lowest BCUT2D eigenvalue weighted by atomic mass is 10.2. The molecule has 32 heavy (non-hydrogen) atoms. The number of anilines is 2. The molecular weight excluding hydrogens is 422 g/mol. The van der Waals surface area contributed by atoms with E-state index < -0.39 is 10.0 Å². The second-order valence-corrected chi connectivity index (χ2v) is 8.99. The van der Waals surface area contributed by atoms with Gasteiger partial charge < -0.3 is 5.32 Å². The van der Waals surface area contributed by atoms with Gasteiger partial charge in [-0.15, -0.1) is 0 Å². The zero-order valence-electron chi connectivity index (χ0n) is 17.0. The highest BCUT2D eigenvalue weighted by atomic mass is 32.2. The molecule has 2 aromatic heterocycles. The molecule has 0 aliphatic carbocycles. The van der Waals surface area contributed by atoms with Gasteiger partial charge in [-0.1, -0.05) is 18.2 Å². The summed E-state index contributed by atoms with van der Waals surface area (Å²) < 4.78 is 25.5. The van der Waals surface area contributed by atoms with Crippen molar-refractivity contribution >= 4 is 32.6 Å². The summed E-state index contributed by atoms with van der Waals surface area (Å²) in [7, 11) is -3.52. The summed E-state index contributed by atoms with van der Waals surface area (Å²) in [4.78, 5) is 9.27. The molecule has 0 spiro atoms. The minimum Gasteiger partial charge on any atom is -0.356 e. The Morgan fingerprint density at radius 3 is 2.16 bits per heavy atom. The Morgan fingerprint density at radius 2 is 1.47 bits per heavy atom. The van der Waals surface area contributed by atoms with Crippen LogP contribution >= 0.6 is 0 Å². The van der Waals surface area contributed by atoms with Gasteiger partial charge in [0.25, 0.3) is 0 Å². The number of benzene rings is 3. The van der Waals surface area contributed by atoms with E-state index >= 15 is 0 Å². The smallest absolute Gasteiger partial charge is 0.322 e. The average molecular weight is 443 g/mol. The standard InChI is InChI=1S/C24H19N5O2S/c25-32(30,31)21-14-8-17(9-15-21)24-28-23-22(7-4-16-26-23)29(24)20-12-10-19(11-13-20)27-18-5-2-1-3-6-18/h1-16,27H,(H2,25,30,31)/p+1. The maximum atomic E-state index is 11.7. The van der Waals surface area contributed by atoms with Gasteiger partial charge in [-0.2, -0.15) is 8.42 Å². The average Bonchev–Trinajstić information content (AvgIpc) is 3.19. The van der Waals surface area contributed by atoms with Crippen molar-refractivity contribution in [2.75, 3.05) is 5.32 Å². The number of quaternary nitrogens is 1. The molecule has 3 aromatic carbocycles. The quantitative estimate of drug-likeness (QED) is 0.431. The van der Waals surface area contributed by atoms with Crippen molar-refractivity contribution in [3.8, 4) is 17.1 Å². The van der Waals surface area contributed by atoms with E-state index in [2.05, 4.69) is 15.4 Å². The number of fused-ring (bicyclic) bond motifs is 1. The summed E-state index contributed by atoms with van der Waals surface area (Å²) in [6.45, 7) is 0. The number of hydrogen-bond acceptors (Lipinski definition) is 5. The van der Waals surface area contributed by atoms with Gasteiger partial charge in [0.15, 0.2) is 5.65 Å². The Labute approximate surface area is 185 Å². The third-order valence-electron chi connectivity index (χ3n) is 5.09. The van der Waals surface area contributed by atoms with Gasteiger partial charge in [0, 0.05) is 28.8 Å². The minimum atomic E-state index is -3.52. The molecule has 8 heteroatoms. The van der Waals surface area contributed by atoms with E-state index in [-0.39, 0.29) is 4.90 Å². The molecular formula is C24H20N5O2S+. The molecule has 5 aromatic rings. The Kier molecular flexibility index (Phi) is 4.93. The highest BCUT2D eigenvalue weighted by Gasteiger charge is 2.17. The van der Waals surface area contributed by atoms with E-state index in [1.165, 1.54) is 0 Å². The summed E-state index contributed by atoms with van der Waals surface area (Å²) in [6.07, 6.45) is 1.70. The Bertz CT molecular complexity index is 1490. The first-order valence-corrected chi connectivity index (χ1v) is 11.6. The first-order chi connectivity index (χ1) is 15.5. The third-order valence-corrected chi connectivity index (χ3v) is 6.08. The van der Waals surface area contributed by atoms with Crippen LogP contribution in [-0.4, -0.2) is 23.0 Å². The molecule has 0 saturated heterocycles. The van der Waals surface area contributed by atoms with E-state index in [0.29, 0.717) is 11.5 Å². The maximum absolute atomic E-state index is 11.7. The Morgan fingerprint density at radius 1 is 0.781 bits per heavy atom. The summed E-state index contributed by atoms with van der Waals surface area (Å²) in [6, 6.07) is 28.4. The zero-order chi connectivity index (χ0) is 22.1. The molecule has 0 aliphatic heterocycles. The normalized spacial score (nSPS) is 11.5. The number of para-hydroxylation sites is 1. The van der Waals surface area contributed by atoms with E-state index in [4.69, 9.17) is 4.98 Å². The van der Waals surface area contributed by atoms with Crippen LogP contribution in [-0.2, 0) is 10.0 Å². The molecule has 4 N–H and O–H groups in total. The first-order valence-electron chi connectivity index (χ1n) is 9.93. The Hall–Kier alpha value is -4.01. The topological polar surface area (TPSA) is 105 Å². The van der Waals surface area contributed by atoms with Gasteiger partial charge in [-0.25, -0.2) is 15.1 Å². The largest absolute Gasteiger partial charge is 0.356 e. The summed E-state index contributed by atoms with van der Waals surface area (Å²) in [5, 5.41) is 6.60. The molecule has 0 bridgehead atoms.